The maximum absolute atomic E-state index is 13.2. The molecule has 0 saturated heterocycles. The van der Waals surface area contributed by atoms with E-state index in [1.807, 2.05) is 30.1 Å². The van der Waals surface area contributed by atoms with Gasteiger partial charge in [-0.3, -0.25) is 9.29 Å². The molecule has 35 heavy (non-hydrogen) atoms. The lowest BCUT2D eigenvalue weighted by molar-refractivity contribution is 0.391. The molecule has 0 spiro atoms. The molecular formula is C22H24FN7O4S. The van der Waals surface area contributed by atoms with Crippen molar-refractivity contribution >= 4 is 16.0 Å². The van der Waals surface area contributed by atoms with Gasteiger partial charge in [-0.25, -0.2) is 22.8 Å². The van der Waals surface area contributed by atoms with Crippen LogP contribution >= 0.6 is 0 Å². The summed E-state index contributed by atoms with van der Waals surface area (Å²) in [6.07, 6.45) is 5.61. The second-order valence-corrected chi connectivity index (χ2v) is 9.84. The SMILES string of the molecule is COc1cccc(OC)c1-n1c(NS(=O)(=O)[C@@H](C)Cc2ncc(F)cn2)nnc1-c1ccn(C)c1. The number of aryl methyl sites for hydroxylation is 1. The average Bonchev–Trinajstić information content (AvgIpc) is 3.45. The zero-order valence-corrected chi connectivity index (χ0v) is 20.3. The number of nitrogens with one attached hydrogen (secondary N) is 1. The van der Waals surface area contributed by atoms with Gasteiger partial charge in [-0.05, 0) is 25.1 Å². The van der Waals surface area contributed by atoms with Crippen LogP contribution in [0.2, 0.25) is 0 Å². The fraction of sp³-hybridized carbons (Fsp3) is 0.273. The molecule has 0 radical (unpaired) electrons. The summed E-state index contributed by atoms with van der Waals surface area (Å²) in [6.45, 7) is 1.50. The van der Waals surface area contributed by atoms with Crippen LogP contribution in [0.1, 0.15) is 12.7 Å². The minimum atomic E-state index is -3.99. The first kappa shape index (κ1) is 24.1. The predicted molar refractivity (Wildman–Crippen MR) is 127 cm³/mol. The number of halogens is 1. The zero-order valence-electron chi connectivity index (χ0n) is 19.5. The standard InChI is InChI=1S/C22H24FN7O4S/c1-14(10-19-24-11-16(23)12-25-19)35(31,32)28-22-27-26-21(15-8-9-29(2)13-15)30(22)20-17(33-3)6-5-7-18(20)34-4/h5-9,11-14H,10H2,1-4H3,(H,27,28)/t14-/m0/s1. The fourth-order valence-electron chi connectivity index (χ4n) is 3.48. The number of hydrogen-bond acceptors (Lipinski definition) is 8. The van der Waals surface area contributed by atoms with Crippen LogP contribution in [-0.2, 0) is 23.5 Å². The van der Waals surface area contributed by atoms with Gasteiger partial charge in [0.25, 0.3) is 0 Å². The molecule has 11 nitrogen and oxygen atoms in total. The molecule has 0 saturated carbocycles. The summed E-state index contributed by atoms with van der Waals surface area (Å²) in [7, 11) is 0.868. The van der Waals surface area contributed by atoms with Gasteiger partial charge in [0.1, 0.15) is 23.0 Å². The number of sulfonamides is 1. The third-order valence-electron chi connectivity index (χ3n) is 5.29. The first-order valence-electron chi connectivity index (χ1n) is 10.5. The molecule has 184 valence electrons. The van der Waals surface area contributed by atoms with Gasteiger partial charge in [0.2, 0.25) is 16.0 Å². The molecule has 0 fully saturated rings. The lowest BCUT2D eigenvalue weighted by Gasteiger charge is -2.18. The minimum absolute atomic E-state index is 0.0345. The maximum Gasteiger partial charge on any atom is 0.243 e. The van der Waals surface area contributed by atoms with Gasteiger partial charge in [0.05, 0.1) is 31.9 Å². The molecule has 1 aromatic carbocycles. The average molecular weight is 502 g/mol. The van der Waals surface area contributed by atoms with Gasteiger partial charge in [-0.1, -0.05) is 6.07 Å². The topological polar surface area (TPSA) is 126 Å². The Hall–Kier alpha value is -4.00. The summed E-state index contributed by atoms with van der Waals surface area (Å²) in [5, 5.41) is 7.44. The summed E-state index contributed by atoms with van der Waals surface area (Å²) in [5.74, 6) is 0.764. The van der Waals surface area contributed by atoms with Crippen LogP contribution in [0.4, 0.5) is 10.3 Å². The van der Waals surface area contributed by atoms with Crippen LogP contribution in [0.25, 0.3) is 17.1 Å². The van der Waals surface area contributed by atoms with E-state index in [0.29, 0.717) is 28.6 Å². The second-order valence-electron chi connectivity index (χ2n) is 7.74. The largest absolute Gasteiger partial charge is 0.494 e. The van der Waals surface area contributed by atoms with Crippen molar-refractivity contribution in [2.75, 3.05) is 18.9 Å². The minimum Gasteiger partial charge on any atom is -0.494 e. The molecular weight excluding hydrogens is 477 g/mol. The summed E-state index contributed by atoms with van der Waals surface area (Å²) in [5.41, 5.74) is 1.12. The molecule has 1 atom stereocenters. The Kier molecular flexibility index (Phi) is 6.69. The number of hydrogen-bond donors (Lipinski definition) is 1. The van der Waals surface area contributed by atoms with Crippen molar-refractivity contribution in [3.05, 3.63) is 60.7 Å². The monoisotopic (exact) mass is 501 g/mol. The Bertz CT molecular complexity index is 1410. The predicted octanol–water partition coefficient (Wildman–Crippen LogP) is 2.59. The number of nitrogens with zero attached hydrogens (tertiary/aromatic N) is 6. The van der Waals surface area contributed by atoms with E-state index in [1.54, 1.807) is 18.2 Å². The van der Waals surface area contributed by atoms with Crippen molar-refractivity contribution in [1.29, 1.82) is 0 Å². The van der Waals surface area contributed by atoms with Crippen LogP contribution in [0, 0.1) is 5.82 Å². The van der Waals surface area contributed by atoms with Crippen LogP contribution in [0.15, 0.2) is 49.1 Å². The molecule has 4 aromatic rings. The van der Waals surface area contributed by atoms with Crippen LogP contribution < -0.4 is 14.2 Å². The summed E-state index contributed by atoms with van der Waals surface area (Å²) < 4.78 is 56.6. The highest BCUT2D eigenvalue weighted by molar-refractivity contribution is 7.93. The first-order valence-corrected chi connectivity index (χ1v) is 12.0. The van der Waals surface area contributed by atoms with E-state index in [0.717, 1.165) is 12.4 Å². The highest BCUT2D eigenvalue weighted by atomic mass is 32.2. The number of anilines is 1. The maximum atomic E-state index is 13.2. The molecule has 0 bridgehead atoms. The van der Waals surface area contributed by atoms with E-state index in [-0.39, 0.29) is 18.2 Å². The Labute approximate surface area is 201 Å². The normalized spacial score (nSPS) is 12.4. The molecule has 1 N–H and O–H groups in total. The van der Waals surface area contributed by atoms with Crippen molar-refractivity contribution < 1.29 is 22.3 Å². The summed E-state index contributed by atoms with van der Waals surface area (Å²) >= 11 is 0. The van der Waals surface area contributed by atoms with E-state index in [9.17, 15) is 12.8 Å². The van der Waals surface area contributed by atoms with Crippen LogP contribution in [0.3, 0.4) is 0 Å². The quantitative estimate of drug-likeness (QED) is 0.371. The Balaban J connectivity index is 1.79. The summed E-state index contributed by atoms with van der Waals surface area (Å²) in [4.78, 5) is 7.70. The number of rotatable bonds is 9. The lowest BCUT2D eigenvalue weighted by atomic mass is 10.2. The smallest absolute Gasteiger partial charge is 0.243 e. The molecule has 4 rings (SSSR count). The Morgan fingerprint density at radius 3 is 2.31 bits per heavy atom. The third kappa shape index (κ3) is 4.94. The number of ether oxygens (including phenoxy) is 2. The Morgan fingerprint density at radius 2 is 1.74 bits per heavy atom. The van der Waals surface area contributed by atoms with Gasteiger partial charge in [-0.15, -0.1) is 10.2 Å². The van der Waals surface area contributed by atoms with Crippen molar-refractivity contribution in [2.45, 2.75) is 18.6 Å². The van der Waals surface area contributed by atoms with Gasteiger partial charge in [-0.2, -0.15) is 0 Å². The third-order valence-corrected chi connectivity index (χ3v) is 6.98. The Morgan fingerprint density at radius 1 is 1.09 bits per heavy atom. The van der Waals surface area contributed by atoms with Crippen LogP contribution in [0.5, 0.6) is 11.5 Å². The second kappa shape index (κ2) is 9.70. The number of benzene rings is 1. The van der Waals surface area contributed by atoms with Gasteiger partial charge >= 0.3 is 0 Å². The molecule has 0 unspecified atom stereocenters. The molecule has 3 heterocycles. The molecule has 0 aliphatic rings. The van der Waals surface area contributed by atoms with Crippen molar-refractivity contribution in [2.24, 2.45) is 7.05 Å². The van der Waals surface area contributed by atoms with Gasteiger partial charge in [0, 0.05) is 31.4 Å². The first-order chi connectivity index (χ1) is 16.7. The fourth-order valence-corrected chi connectivity index (χ4v) is 4.43. The zero-order chi connectivity index (χ0) is 25.2. The van der Waals surface area contributed by atoms with E-state index in [4.69, 9.17) is 9.47 Å². The van der Waals surface area contributed by atoms with E-state index >= 15 is 0 Å². The van der Waals surface area contributed by atoms with E-state index < -0.39 is 21.1 Å². The molecule has 3 aromatic heterocycles. The van der Waals surface area contributed by atoms with Gasteiger partial charge < -0.3 is 14.0 Å². The van der Waals surface area contributed by atoms with Crippen molar-refractivity contribution in [1.82, 2.24) is 29.3 Å². The number of para-hydroxylation sites is 1. The van der Waals surface area contributed by atoms with E-state index in [1.165, 1.54) is 25.7 Å². The van der Waals surface area contributed by atoms with Crippen molar-refractivity contribution in [3.8, 4) is 28.6 Å². The van der Waals surface area contributed by atoms with Gasteiger partial charge in [0.15, 0.2) is 11.6 Å². The molecule has 0 aliphatic carbocycles. The highest BCUT2D eigenvalue weighted by Crippen LogP contribution is 2.37. The lowest BCUT2D eigenvalue weighted by Crippen LogP contribution is -2.29. The molecule has 0 amide bonds. The molecule has 0 aliphatic heterocycles. The van der Waals surface area contributed by atoms with Crippen molar-refractivity contribution in [3.63, 3.8) is 0 Å². The van der Waals surface area contributed by atoms with Crippen LogP contribution in [-0.4, -0.2) is 57.2 Å². The number of methoxy groups -OCH3 is 2. The summed E-state index contributed by atoms with van der Waals surface area (Å²) in [6, 6.07) is 7.02. The molecule has 13 heteroatoms. The number of aromatic nitrogens is 6. The highest BCUT2D eigenvalue weighted by Gasteiger charge is 2.28. The van der Waals surface area contributed by atoms with E-state index in [2.05, 4.69) is 24.9 Å².